The highest BCUT2D eigenvalue weighted by molar-refractivity contribution is 5.89. The first-order valence-corrected chi connectivity index (χ1v) is 10.0. The molecule has 0 atom stereocenters. The van der Waals surface area contributed by atoms with Crippen molar-refractivity contribution in [1.29, 1.82) is 0 Å². The van der Waals surface area contributed by atoms with Crippen molar-refractivity contribution in [1.82, 2.24) is 0 Å². The number of unbranched alkanes of at least 4 members (excludes halogenated alkanes) is 6. The lowest BCUT2D eigenvalue weighted by Gasteiger charge is -2.12. The molecule has 0 radical (unpaired) electrons. The molecule has 0 aromatic heterocycles. The third kappa shape index (κ3) is 10.5. The molecule has 1 rings (SSSR count). The van der Waals surface area contributed by atoms with Gasteiger partial charge in [-0.1, -0.05) is 58.4 Å². The van der Waals surface area contributed by atoms with E-state index >= 15 is 0 Å². The number of hydrogen-bond acceptors (Lipinski definition) is 4. The number of benzene rings is 1. The van der Waals surface area contributed by atoms with E-state index in [1.54, 1.807) is 12.1 Å². The Hall–Kier alpha value is -2.24. The van der Waals surface area contributed by atoms with Gasteiger partial charge in [0.2, 0.25) is 0 Å². The molecule has 0 aliphatic rings. The Morgan fingerprint density at radius 3 is 1.93 bits per heavy atom. The Morgan fingerprint density at radius 1 is 0.815 bits per heavy atom. The highest BCUT2D eigenvalue weighted by Crippen LogP contribution is 2.21. The molecule has 0 unspecified atom stereocenters. The van der Waals surface area contributed by atoms with E-state index in [-0.39, 0.29) is 0 Å². The van der Waals surface area contributed by atoms with Crippen LogP contribution in [0.5, 0.6) is 0 Å². The molecule has 0 fully saturated rings. The van der Waals surface area contributed by atoms with Crippen LogP contribution in [0.25, 0.3) is 0 Å². The molecule has 0 saturated carbocycles. The third-order valence-electron chi connectivity index (χ3n) is 4.18. The molecule has 6 heteroatoms. The lowest BCUT2D eigenvalue weighted by Crippen LogP contribution is -2.17. The van der Waals surface area contributed by atoms with Gasteiger partial charge in [-0.3, -0.25) is 10.6 Å². The lowest BCUT2D eigenvalue weighted by molar-refractivity contribution is 0.158. The first-order chi connectivity index (χ1) is 13.1. The predicted molar refractivity (Wildman–Crippen MR) is 109 cm³/mol. The van der Waals surface area contributed by atoms with Gasteiger partial charge in [-0.2, -0.15) is 0 Å². The van der Waals surface area contributed by atoms with Crippen molar-refractivity contribution in [3.8, 4) is 0 Å². The Morgan fingerprint density at radius 2 is 1.37 bits per heavy atom. The van der Waals surface area contributed by atoms with Crippen LogP contribution in [0.2, 0.25) is 0 Å². The summed E-state index contributed by atoms with van der Waals surface area (Å²) < 4.78 is 10.4. The van der Waals surface area contributed by atoms with Crippen LogP contribution in [0.15, 0.2) is 18.2 Å². The Balaban J connectivity index is 2.42. The van der Waals surface area contributed by atoms with Gasteiger partial charge < -0.3 is 9.47 Å². The minimum absolute atomic E-state index is 0.410. The minimum Gasteiger partial charge on any atom is -0.449 e. The number of carbonyl (C=O) groups is 2. The molecule has 27 heavy (non-hydrogen) atoms. The van der Waals surface area contributed by atoms with Gasteiger partial charge in [-0.25, -0.2) is 9.59 Å². The average molecular weight is 379 g/mol. The summed E-state index contributed by atoms with van der Waals surface area (Å²) in [6.45, 7) is 6.98. The fourth-order valence-corrected chi connectivity index (χ4v) is 2.52. The quantitative estimate of drug-likeness (QED) is 0.421. The van der Waals surface area contributed by atoms with Crippen molar-refractivity contribution < 1.29 is 19.1 Å². The second-order valence-corrected chi connectivity index (χ2v) is 6.67. The van der Waals surface area contributed by atoms with Gasteiger partial charge in [0.05, 0.1) is 13.2 Å². The summed E-state index contributed by atoms with van der Waals surface area (Å²) in [5.74, 6) is 0. The summed E-state index contributed by atoms with van der Waals surface area (Å²) in [5.41, 5.74) is 2.06. The van der Waals surface area contributed by atoms with Crippen molar-refractivity contribution in [2.75, 3.05) is 23.8 Å². The number of anilines is 2. The second-order valence-electron chi connectivity index (χ2n) is 6.67. The number of carbonyl (C=O) groups excluding carboxylic acids is 2. The maximum Gasteiger partial charge on any atom is 0.411 e. The van der Waals surface area contributed by atoms with Crippen molar-refractivity contribution in [2.45, 2.75) is 72.1 Å². The zero-order valence-corrected chi connectivity index (χ0v) is 16.9. The number of nitrogens with one attached hydrogen (secondary N) is 2. The number of amides is 2. The van der Waals surface area contributed by atoms with Gasteiger partial charge in [0.1, 0.15) is 0 Å². The molecule has 0 bridgehead atoms. The van der Waals surface area contributed by atoms with Crippen LogP contribution >= 0.6 is 0 Å². The van der Waals surface area contributed by atoms with Crippen molar-refractivity contribution in [3.63, 3.8) is 0 Å². The molecule has 0 saturated heterocycles. The van der Waals surface area contributed by atoms with Crippen molar-refractivity contribution in [3.05, 3.63) is 23.8 Å². The third-order valence-corrected chi connectivity index (χ3v) is 4.18. The number of rotatable bonds is 12. The summed E-state index contributed by atoms with van der Waals surface area (Å²) in [4.78, 5) is 23.8. The molecule has 0 aliphatic heterocycles. The number of ether oxygens (including phenoxy) is 2. The molecule has 0 spiro atoms. The van der Waals surface area contributed by atoms with E-state index in [9.17, 15) is 9.59 Å². The molecule has 2 N–H and O–H groups in total. The lowest BCUT2D eigenvalue weighted by atomic mass is 10.2. The van der Waals surface area contributed by atoms with E-state index in [0.29, 0.717) is 24.6 Å². The molecule has 0 aliphatic carbocycles. The number of aryl methyl sites for hydroxylation is 1. The summed E-state index contributed by atoms with van der Waals surface area (Å²) >= 11 is 0. The highest BCUT2D eigenvalue weighted by atomic mass is 16.6. The zero-order valence-electron chi connectivity index (χ0n) is 16.9. The van der Waals surface area contributed by atoms with Crippen LogP contribution in [0, 0.1) is 6.92 Å². The van der Waals surface area contributed by atoms with E-state index in [2.05, 4.69) is 24.5 Å². The maximum atomic E-state index is 11.9. The van der Waals surface area contributed by atoms with Crippen LogP contribution in [0.1, 0.15) is 70.8 Å². The van der Waals surface area contributed by atoms with Gasteiger partial charge in [0.25, 0.3) is 0 Å². The molecule has 6 nitrogen and oxygen atoms in total. The SMILES string of the molecule is CCCCCCOC(=O)Nc1ccc(C)c(NC(=O)OCCCCCC)c1. The van der Waals surface area contributed by atoms with Crippen molar-refractivity contribution in [2.24, 2.45) is 0 Å². The van der Waals surface area contributed by atoms with Gasteiger partial charge in [-0.05, 0) is 37.5 Å². The summed E-state index contributed by atoms with van der Waals surface area (Å²) in [5, 5.41) is 5.41. The molecule has 1 aromatic rings. The Bertz CT molecular complexity index is 575. The molecular formula is C21H34N2O4. The second kappa shape index (κ2) is 13.9. The van der Waals surface area contributed by atoms with Crippen LogP contribution < -0.4 is 10.6 Å². The fraction of sp³-hybridized carbons (Fsp3) is 0.619. The largest absolute Gasteiger partial charge is 0.449 e. The van der Waals surface area contributed by atoms with Gasteiger partial charge >= 0.3 is 12.2 Å². The first-order valence-electron chi connectivity index (χ1n) is 10.0. The summed E-state index contributed by atoms with van der Waals surface area (Å²) in [6.07, 6.45) is 7.46. The van der Waals surface area contributed by atoms with Gasteiger partial charge in [0.15, 0.2) is 0 Å². The van der Waals surface area contributed by atoms with E-state index in [4.69, 9.17) is 9.47 Å². The molecule has 152 valence electrons. The van der Waals surface area contributed by atoms with Gasteiger partial charge in [-0.15, -0.1) is 0 Å². The molecule has 2 amide bonds. The summed E-state index contributed by atoms with van der Waals surface area (Å²) in [6, 6.07) is 5.30. The van der Waals surface area contributed by atoms with Gasteiger partial charge in [0, 0.05) is 11.4 Å². The van der Waals surface area contributed by atoms with Crippen LogP contribution in [0.4, 0.5) is 21.0 Å². The molecule has 1 aromatic carbocycles. The molecular weight excluding hydrogens is 344 g/mol. The van der Waals surface area contributed by atoms with E-state index in [1.807, 2.05) is 13.0 Å². The van der Waals surface area contributed by atoms with E-state index in [1.165, 1.54) is 0 Å². The van der Waals surface area contributed by atoms with E-state index < -0.39 is 12.2 Å². The van der Waals surface area contributed by atoms with Crippen molar-refractivity contribution >= 4 is 23.6 Å². The van der Waals surface area contributed by atoms with Crippen LogP contribution in [-0.4, -0.2) is 25.4 Å². The normalized spacial score (nSPS) is 10.3. The Kier molecular flexibility index (Phi) is 11.7. The predicted octanol–water partition coefficient (Wildman–Crippen LogP) is 6.25. The monoisotopic (exact) mass is 378 g/mol. The molecule has 0 heterocycles. The number of hydrogen-bond donors (Lipinski definition) is 2. The van der Waals surface area contributed by atoms with Crippen LogP contribution in [-0.2, 0) is 9.47 Å². The fourth-order valence-electron chi connectivity index (χ4n) is 2.52. The standard InChI is InChI=1S/C21H34N2O4/c1-4-6-8-10-14-26-20(24)22-18-13-12-17(3)19(16-18)23-21(25)27-15-11-9-7-5-2/h12-13,16H,4-11,14-15H2,1-3H3,(H,22,24)(H,23,25). The average Bonchev–Trinajstić information content (AvgIpc) is 2.64. The topological polar surface area (TPSA) is 76.7 Å². The zero-order chi connectivity index (χ0) is 19.9. The summed E-state index contributed by atoms with van der Waals surface area (Å²) in [7, 11) is 0. The highest BCUT2D eigenvalue weighted by Gasteiger charge is 2.09. The maximum absolute atomic E-state index is 11.9. The smallest absolute Gasteiger partial charge is 0.411 e. The Labute approximate surface area is 163 Å². The minimum atomic E-state index is -0.486. The van der Waals surface area contributed by atoms with Crippen LogP contribution in [0.3, 0.4) is 0 Å². The first kappa shape index (κ1) is 22.8. The van der Waals surface area contributed by atoms with E-state index in [0.717, 1.165) is 56.9 Å².